The van der Waals surface area contributed by atoms with Gasteiger partial charge in [0.2, 0.25) is 0 Å². The molecule has 64 valence electrons. The molecule has 0 spiro atoms. The zero-order valence-corrected chi connectivity index (χ0v) is 7.30. The maximum Gasteiger partial charge on any atom is 0.122 e. The molecule has 12 heavy (non-hydrogen) atoms. The van der Waals surface area contributed by atoms with Gasteiger partial charge in [0.1, 0.15) is 5.75 Å². The van der Waals surface area contributed by atoms with Crippen LogP contribution in [-0.2, 0) is 5.54 Å². The van der Waals surface area contributed by atoms with E-state index in [0.717, 1.165) is 18.4 Å². The molecule has 1 aliphatic carbocycles. The van der Waals surface area contributed by atoms with Gasteiger partial charge in [-0.05, 0) is 25.0 Å². The van der Waals surface area contributed by atoms with Gasteiger partial charge in [-0.25, -0.2) is 0 Å². The lowest BCUT2D eigenvalue weighted by Gasteiger charge is -2.10. The molecule has 0 atom stereocenters. The van der Waals surface area contributed by atoms with E-state index in [1.54, 1.807) is 12.1 Å². The second-order valence-corrected chi connectivity index (χ2v) is 3.75. The van der Waals surface area contributed by atoms with Crippen molar-refractivity contribution in [1.29, 1.82) is 0 Å². The van der Waals surface area contributed by atoms with Gasteiger partial charge in [0.05, 0.1) is 0 Å². The average molecular weight is 184 g/mol. The number of halogens is 1. The average Bonchev–Trinajstić information content (AvgIpc) is 2.68. The van der Waals surface area contributed by atoms with E-state index in [-0.39, 0.29) is 11.3 Å². The van der Waals surface area contributed by atoms with Crippen molar-refractivity contribution in [2.24, 2.45) is 5.73 Å². The Morgan fingerprint density at radius 2 is 2.08 bits per heavy atom. The van der Waals surface area contributed by atoms with Gasteiger partial charge in [0.25, 0.3) is 0 Å². The minimum Gasteiger partial charge on any atom is -0.508 e. The smallest absolute Gasteiger partial charge is 0.122 e. The van der Waals surface area contributed by atoms with E-state index in [1.807, 2.05) is 0 Å². The third kappa shape index (κ3) is 1.17. The zero-order chi connectivity index (χ0) is 8.77. The van der Waals surface area contributed by atoms with Crippen LogP contribution in [0.2, 0.25) is 5.02 Å². The first-order valence-electron chi connectivity index (χ1n) is 3.90. The maximum atomic E-state index is 9.50. The Morgan fingerprint density at radius 3 is 2.58 bits per heavy atom. The number of phenols is 1. The van der Waals surface area contributed by atoms with Crippen LogP contribution >= 0.6 is 11.6 Å². The minimum atomic E-state index is -0.283. The Bertz CT molecular complexity index is 320. The van der Waals surface area contributed by atoms with Crippen LogP contribution in [0.1, 0.15) is 18.4 Å². The van der Waals surface area contributed by atoms with Gasteiger partial charge in [-0.15, -0.1) is 0 Å². The molecule has 1 aliphatic rings. The number of rotatable bonds is 1. The Balaban J connectivity index is 2.45. The van der Waals surface area contributed by atoms with Crippen molar-refractivity contribution in [2.75, 3.05) is 0 Å². The molecule has 0 heterocycles. The Labute approximate surface area is 76.0 Å². The molecule has 2 nitrogen and oxygen atoms in total. The van der Waals surface area contributed by atoms with Crippen LogP contribution in [0.15, 0.2) is 18.2 Å². The van der Waals surface area contributed by atoms with Gasteiger partial charge in [-0.1, -0.05) is 17.7 Å². The van der Waals surface area contributed by atoms with Crippen LogP contribution < -0.4 is 5.73 Å². The fraction of sp³-hybridized carbons (Fsp3) is 0.333. The summed E-state index contributed by atoms with van der Waals surface area (Å²) in [5.41, 5.74) is 6.44. The first-order valence-corrected chi connectivity index (χ1v) is 4.27. The standard InChI is InChI=1S/C9H10ClNO/c10-6-1-2-7(8(12)5-6)9(11)3-4-9/h1-2,5,12H,3-4,11H2. The van der Waals surface area contributed by atoms with Gasteiger partial charge in [-0.3, -0.25) is 0 Å². The quantitative estimate of drug-likeness (QED) is 0.700. The lowest BCUT2D eigenvalue weighted by Crippen LogP contribution is -2.18. The molecule has 0 aromatic heterocycles. The van der Waals surface area contributed by atoms with Crippen LogP contribution in [0.4, 0.5) is 0 Å². The van der Waals surface area contributed by atoms with Crippen molar-refractivity contribution in [2.45, 2.75) is 18.4 Å². The molecule has 0 saturated heterocycles. The number of aromatic hydroxyl groups is 1. The molecule has 0 unspecified atom stereocenters. The van der Waals surface area contributed by atoms with Crippen molar-refractivity contribution in [3.05, 3.63) is 28.8 Å². The normalized spacial score (nSPS) is 19.2. The fourth-order valence-corrected chi connectivity index (χ4v) is 1.50. The molecule has 3 heteroatoms. The summed E-state index contributed by atoms with van der Waals surface area (Å²) in [7, 11) is 0. The summed E-state index contributed by atoms with van der Waals surface area (Å²) in [4.78, 5) is 0. The zero-order valence-electron chi connectivity index (χ0n) is 6.55. The van der Waals surface area contributed by atoms with Crippen LogP contribution in [0.5, 0.6) is 5.75 Å². The summed E-state index contributed by atoms with van der Waals surface area (Å²) in [6.07, 6.45) is 1.89. The van der Waals surface area contributed by atoms with E-state index in [9.17, 15) is 5.11 Å². The summed E-state index contributed by atoms with van der Waals surface area (Å²) in [6, 6.07) is 5.08. The molecule has 0 aliphatic heterocycles. The van der Waals surface area contributed by atoms with Crippen LogP contribution in [0.25, 0.3) is 0 Å². The van der Waals surface area contributed by atoms with Gasteiger partial charge in [0.15, 0.2) is 0 Å². The van der Waals surface area contributed by atoms with E-state index in [2.05, 4.69) is 0 Å². The van der Waals surface area contributed by atoms with Crippen LogP contribution in [-0.4, -0.2) is 5.11 Å². The van der Waals surface area contributed by atoms with Gasteiger partial charge in [-0.2, -0.15) is 0 Å². The molecule has 1 saturated carbocycles. The van der Waals surface area contributed by atoms with Crippen LogP contribution in [0.3, 0.4) is 0 Å². The molecule has 1 fully saturated rings. The molecule has 0 amide bonds. The summed E-state index contributed by atoms with van der Waals surface area (Å²) in [6.45, 7) is 0. The third-order valence-electron chi connectivity index (χ3n) is 2.28. The molecular formula is C9H10ClNO. The number of benzene rings is 1. The van der Waals surface area contributed by atoms with Crippen molar-refractivity contribution in [3.8, 4) is 5.75 Å². The summed E-state index contributed by atoms with van der Waals surface area (Å²) in [5.74, 6) is 0.211. The fourth-order valence-electron chi connectivity index (χ4n) is 1.33. The number of hydrogen-bond acceptors (Lipinski definition) is 2. The molecule has 2 rings (SSSR count). The lowest BCUT2D eigenvalue weighted by molar-refractivity contribution is 0.460. The van der Waals surface area contributed by atoms with Crippen molar-refractivity contribution in [1.82, 2.24) is 0 Å². The highest BCUT2D eigenvalue weighted by atomic mass is 35.5. The molecular weight excluding hydrogens is 174 g/mol. The molecule has 3 N–H and O–H groups in total. The second-order valence-electron chi connectivity index (χ2n) is 3.32. The Kier molecular flexibility index (Phi) is 1.56. The highest BCUT2D eigenvalue weighted by Gasteiger charge is 2.41. The SMILES string of the molecule is NC1(c2ccc(Cl)cc2O)CC1. The van der Waals surface area contributed by atoms with Gasteiger partial charge >= 0.3 is 0 Å². The number of phenolic OH excluding ortho intramolecular Hbond substituents is 1. The third-order valence-corrected chi connectivity index (χ3v) is 2.52. The first-order chi connectivity index (χ1) is 5.62. The van der Waals surface area contributed by atoms with E-state index < -0.39 is 0 Å². The van der Waals surface area contributed by atoms with Gasteiger partial charge in [0, 0.05) is 16.1 Å². The Hall–Kier alpha value is -0.730. The van der Waals surface area contributed by atoms with E-state index in [4.69, 9.17) is 17.3 Å². The minimum absolute atomic E-state index is 0.211. The number of nitrogens with two attached hydrogens (primary N) is 1. The highest BCUT2D eigenvalue weighted by Crippen LogP contribution is 2.46. The molecule has 1 aromatic rings. The van der Waals surface area contributed by atoms with Crippen LogP contribution in [0, 0.1) is 0 Å². The predicted molar refractivity (Wildman–Crippen MR) is 48.2 cm³/mol. The van der Waals surface area contributed by atoms with Gasteiger partial charge < -0.3 is 10.8 Å². The summed E-state index contributed by atoms with van der Waals surface area (Å²) >= 11 is 5.69. The Morgan fingerprint density at radius 1 is 1.42 bits per heavy atom. The number of hydrogen-bond donors (Lipinski definition) is 2. The molecule has 0 bridgehead atoms. The largest absolute Gasteiger partial charge is 0.508 e. The monoisotopic (exact) mass is 183 g/mol. The lowest BCUT2D eigenvalue weighted by atomic mass is 10.1. The summed E-state index contributed by atoms with van der Waals surface area (Å²) in [5, 5.41) is 10.0. The van der Waals surface area contributed by atoms with Crippen molar-refractivity contribution < 1.29 is 5.11 Å². The van der Waals surface area contributed by atoms with Crippen molar-refractivity contribution in [3.63, 3.8) is 0 Å². The maximum absolute atomic E-state index is 9.50. The highest BCUT2D eigenvalue weighted by molar-refractivity contribution is 6.30. The molecule has 0 radical (unpaired) electrons. The van der Waals surface area contributed by atoms with E-state index in [1.165, 1.54) is 6.07 Å². The first kappa shape index (κ1) is 7.90. The summed E-state index contributed by atoms with van der Waals surface area (Å²) < 4.78 is 0. The topological polar surface area (TPSA) is 46.2 Å². The second kappa shape index (κ2) is 2.38. The van der Waals surface area contributed by atoms with E-state index >= 15 is 0 Å². The molecule has 1 aromatic carbocycles. The van der Waals surface area contributed by atoms with Crippen molar-refractivity contribution >= 4 is 11.6 Å². The van der Waals surface area contributed by atoms with E-state index in [0.29, 0.717) is 5.02 Å². The predicted octanol–water partition coefficient (Wildman–Crippen LogP) is 1.99.